The van der Waals surface area contributed by atoms with Crippen molar-refractivity contribution in [3.8, 4) is 0 Å². The molecule has 3 rings (SSSR count). The monoisotopic (exact) mass is 376 g/mol. The molecular weight excluding hydrogens is 348 g/mol. The first kappa shape index (κ1) is 19.1. The van der Waals surface area contributed by atoms with Crippen molar-refractivity contribution in [1.29, 1.82) is 0 Å². The Morgan fingerprint density at radius 3 is 2.23 bits per heavy atom. The molecule has 0 radical (unpaired) electrons. The van der Waals surface area contributed by atoms with E-state index in [-0.39, 0.29) is 0 Å². The van der Waals surface area contributed by atoms with Crippen molar-refractivity contribution in [2.75, 3.05) is 26.2 Å². The molecule has 0 aliphatic carbocycles. The molecule has 1 saturated heterocycles. The normalized spacial score (nSPS) is 18.1. The lowest BCUT2D eigenvalue weighted by molar-refractivity contribution is 0.170. The van der Waals surface area contributed by atoms with Crippen molar-refractivity contribution in [2.45, 2.75) is 44.6 Å². The second-order valence-electron chi connectivity index (χ2n) is 7.07. The first-order chi connectivity index (χ1) is 12.4. The molecule has 6 heteroatoms. The summed E-state index contributed by atoms with van der Waals surface area (Å²) in [7, 11) is -3.42. The molecule has 1 aromatic heterocycles. The molecule has 142 valence electrons. The summed E-state index contributed by atoms with van der Waals surface area (Å²) in [5.74, 6) is 2.28. The molecule has 0 N–H and O–H groups in total. The molecule has 0 bridgehead atoms. The number of sulfonamides is 1. The van der Waals surface area contributed by atoms with Gasteiger partial charge in [0.1, 0.15) is 11.5 Å². The maximum atomic E-state index is 12.9. The van der Waals surface area contributed by atoms with Crippen LogP contribution in [0.1, 0.15) is 43.3 Å². The van der Waals surface area contributed by atoms with E-state index >= 15 is 0 Å². The maximum absolute atomic E-state index is 12.9. The highest BCUT2D eigenvalue weighted by molar-refractivity contribution is 7.89. The maximum Gasteiger partial charge on any atom is 0.243 e. The molecule has 1 atom stereocenters. The van der Waals surface area contributed by atoms with Crippen molar-refractivity contribution in [2.24, 2.45) is 0 Å². The molecule has 2 aromatic rings. The Balaban J connectivity index is 1.62. The average molecular weight is 377 g/mol. The van der Waals surface area contributed by atoms with E-state index in [0.717, 1.165) is 24.5 Å². The first-order valence-corrected chi connectivity index (χ1v) is 10.7. The molecule has 1 fully saturated rings. The number of rotatable bonds is 6. The van der Waals surface area contributed by atoms with Crippen molar-refractivity contribution in [3.63, 3.8) is 0 Å². The van der Waals surface area contributed by atoms with Gasteiger partial charge in [0, 0.05) is 26.2 Å². The molecule has 0 saturated carbocycles. The van der Waals surface area contributed by atoms with Crippen LogP contribution >= 0.6 is 0 Å². The Morgan fingerprint density at radius 1 is 1.04 bits per heavy atom. The molecule has 5 nitrogen and oxygen atoms in total. The second-order valence-corrected chi connectivity index (χ2v) is 9.01. The lowest BCUT2D eigenvalue weighted by atomic mass is 9.99. The van der Waals surface area contributed by atoms with Crippen LogP contribution in [0.25, 0.3) is 0 Å². The van der Waals surface area contributed by atoms with Gasteiger partial charge in [-0.25, -0.2) is 8.42 Å². The smallest absolute Gasteiger partial charge is 0.243 e. The van der Waals surface area contributed by atoms with Crippen LogP contribution in [0, 0.1) is 6.92 Å². The summed E-state index contributed by atoms with van der Waals surface area (Å²) in [6, 6.07) is 11.3. The van der Waals surface area contributed by atoms with E-state index in [9.17, 15) is 8.42 Å². The number of benzene rings is 1. The van der Waals surface area contributed by atoms with Crippen molar-refractivity contribution >= 4 is 10.0 Å². The van der Waals surface area contributed by atoms with Crippen molar-refractivity contribution in [1.82, 2.24) is 9.21 Å². The van der Waals surface area contributed by atoms with E-state index < -0.39 is 10.0 Å². The molecule has 1 aliphatic heterocycles. The fourth-order valence-corrected chi connectivity index (χ4v) is 4.69. The highest BCUT2D eigenvalue weighted by atomic mass is 32.2. The standard InChI is InChI=1S/C20H28N2O3S/c1-4-16(2)18-6-9-20(10-7-18)26(23,24)22-13-11-21(12-14-22)15-19-8-5-17(3)25-19/h5-10,16H,4,11-15H2,1-3H3/t16-/m0/s1. The summed E-state index contributed by atoms with van der Waals surface area (Å²) in [5, 5.41) is 0. The van der Waals surface area contributed by atoms with E-state index in [1.807, 2.05) is 31.2 Å². The van der Waals surface area contributed by atoms with Crippen LogP contribution in [0.5, 0.6) is 0 Å². The van der Waals surface area contributed by atoms with E-state index in [0.29, 0.717) is 37.0 Å². The molecule has 0 spiro atoms. The van der Waals surface area contributed by atoms with Crippen LogP contribution < -0.4 is 0 Å². The first-order valence-electron chi connectivity index (χ1n) is 9.28. The second kappa shape index (κ2) is 7.94. The fourth-order valence-electron chi connectivity index (χ4n) is 3.27. The van der Waals surface area contributed by atoms with E-state index in [1.165, 1.54) is 5.56 Å². The van der Waals surface area contributed by atoms with Crippen LogP contribution in [0.3, 0.4) is 0 Å². The Labute approximate surface area is 156 Å². The van der Waals surface area contributed by atoms with Crippen LogP contribution in [-0.4, -0.2) is 43.8 Å². The average Bonchev–Trinajstić information content (AvgIpc) is 3.06. The third-order valence-electron chi connectivity index (χ3n) is 5.21. The van der Waals surface area contributed by atoms with Gasteiger partial charge in [-0.1, -0.05) is 26.0 Å². The van der Waals surface area contributed by atoms with Gasteiger partial charge in [-0.2, -0.15) is 4.31 Å². The van der Waals surface area contributed by atoms with Gasteiger partial charge in [0.25, 0.3) is 0 Å². The molecule has 1 aromatic carbocycles. The zero-order valence-electron chi connectivity index (χ0n) is 15.8. The Morgan fingerprint density at radius 2 is 1.69 bits per heavy atom. The summed E-state index contributed by atoms with van der Waals surface area (Å²) in [5.41, 5.74) is 1.19. The summed E-state index contributed by atoms with van der Waals surface area (Å²) < 4.78 is 33.0. The number of hydrogen-bond acceptors (Lipinski definition) is 4. The largest absolute Gasteiger partial charge is 0.465 e. The molecule has 26 heavy (non-hydrogen) atoms. The Bertz CT molecular complexity index is 819. The van der Waals surface area contributed by atoms with E-state index in [2.05, 4.69) is 18.7 Å². The van der Waals surface area contributed by atoms with Crippen molar-refractivity contribution in [3.05, 3.63) is 53.5 Å². The van der Waals surface area contributed by atoms with Gasteiger partial charge in [0.05, 0.1) is 11.4 Å². The van der Waals surface area contributed by atoms with Crippen molar-refractivity contribution < 1.29 is 12.8 Å². The minimum Gasteiger partial charge on any atom is -0.465 e. The number of furan rings is 1. The molecular formula is C20H28N2O3S. The Kier molecular flexibility index (Phi) is 5.85. The number of aryl methyl sites for hydroxylation is 1. The Hall–Kier alpha value is -1.63. The van der Waals surface area contributed by atoms with Gasteiger partial charge in [0.2, 0.25) is 10.0 Å². The highest BCUT2D eigenvalue weighted by Crippen LogP contribution is 2.23. The summed E-state index contributed by atoms with van der Waals surface area (Å²) >= 11 is 0. The summed E-state index contributed by atoms with van der Waals surface area (Å²) in [6.07, 6.45) is 1.04. The minimum atomic E-state index is -3.42. The van der Waals surface area contributed by atoms with Crippen LogP contribution in [-0.2, 0) is 16.6 Å². The summed E-state index contributed by atoms with van der Waals surface area (Å²) in [4.78, 5) is 2.62. The number of nitrogens with zero attached hydrogens (tertiary/aromatic N) is 2. The lowest BCUT2D eigenvalue weighted by Gasteiger charge is -2.33. The molecule has 0 unspecified atom stereocenters. The molecule has 2 heterocycles. The molecule has 1 aliphatic rings. The highest BCUT2D eigenvalue weighted by Gasteiger charge is 2.28. The number of piperazine rings is 1. The lowest BCUT2D eigenvalue weighted by Crippen LogP contribution is -2.48. The quantitative estimate of drug-likeness (QED) is 0.773. The van der Waals surface area contributed by atoms with Gasteiger partial charge in [-0.15, -0.1) is 0 Å². The zero-order valence-corrected chi connectivity index (χ0v) is 16.6. The fraction of sp³-hybridized carbons (Fsp3) is 0.500. The topological polar surface area (TPSA) is 53.8 Å². The zero-order chi connectivity index (χ0) is 18.7. The van der Waals surface area contributed by atoms with Crippen LogP contribution in [0.15, 0.2) is 45.7 Å². The predicted octanol–water partition coefficient (Wildman–Crippen LogP) is 3.61. The van der Waals surface area contributed by atoms with Gasteiger partial charge < -0.3 is 4.42 Å². The van der Waals surface area contributed by atoms with Gasteiger partial charge in [-0.3, -0.25) is 4.90 Å². The van der Waals surface area contributed by atoms with Crippen LogP contribution in [0.4, 0.5) is 0 Å². The van der Waals surface area contributed by atoms with Gasteiger partial charge >= 0.3 is 0 Å². The van der Waals surface area contributed by atoms with Gasteiger partial charge in [0.15, 0.2) is 0 Å². The summed E-state index contributed by atoms with van der Waals surface area (Å²) in [6.45, 7) is 9.39. The third kappa shape index (κ3) is 4.19. The van der Waals surface area contributed by atoms with Gasteiger partial charge in [-0.05, 0) is 49.1 Å². The predicted molar refractivity (Wildman–Crippen MR) is 103 cm³/mol. The SMILES string of the molecule is CC[C@H](C)c1ccc(S(=O)(=O)N2CCN(Cc3ccc(C)o3)CC2)cc1. The van der Waals surface area contributed by atoms with E-state index in [1.54, 1.807) is 16.4 Å². The van der Waals surface area contributed by atoms with E-state index in [4.69, 9.17) is 4.42 Å². The third-order valence-corrected chi connectivity index (χ3v) is 7.12. The minimum absolute atomic E-state index is 0.389. The molecule has 0 amide bonds. The number of hydrogen-bond donors (Lipinski definition) is 0. The van der Waals surface area contributed by atoms with Crippen LogP contribution in [0.2, 0.25) is 0 Å².